The second-order valence-electron chi connectivity index (χ2n) is 3.42. The lowest BCUT2D eigenvalue weighted by atomic mass is 10.0. The molecule has 4 heteroatoms. The first-order valence-corrected chi connectivity index (χ1v) is 5.64. The van der Waals surface area contributed by atoms with Gasteiger partial charge in [-0.05, 0) is 28.1 Å². The zero-order chi connectivity index (χ0) is 12.4. The number of hydrogen-bond acceptors (Lipinski definition) is 1. The van der Waals surface area contributed by atoms with Crippen molar-refractivity contribution in [1.29, 1.82) is 0 Å². The van der Waals surface area contributed by atoms with E-state index in [1.165, 1.54) is 6.07 Å². The first-order chi connectivity index (χ1) is 8.11. The fourth-order valence-corrected chi connectivity index (χ4v) is 1.95. The van der Waals surface area contributed by atoms with E-state index in [0.717, 1.165) is 6.07 Å². The average molecular weight is 297 g/mol. The maximum atomic E-state index is 13.3. The summed E-state index contributed by atoms with van der Waals surface area (Å²) in [5.41, 5.74) is 0.536. The number of ketones is 1. The molecule has 0 atom stereocenters. The molecule has 0 spiro atoms. The zero-order valence-electron chi connectivity index (χ0n) is 8.58. The van der Waals surface area contributed by atoms with Gasteiger partial charge in [0.1, 0.15) is 0 Å². The topological polar surface area (TPSA) is 17.1 Å². The number of halogens is 3. The molecule has 2 aromatic carbocycles. The van der Waals surface area contributed by atoms with Crippen molar-refractivity contribution in [2.75, 3.05) is 0 Å². The van der Waals surface area contributed by atoms with Crippen LogP contribution in [0.1, 0.15) is 15.9 Å². The van der Waals surface area contributed by atoms with Gasteiger partial charge in [0.05, 0.1) is 4.47 Å². The largest absolute Gasteiger partial charge is 0.289 e. The molecule has 2 aromatic rings. The highest BCUT2D eigenvalue weighted by molar-refractivity contribution is 9.10. The van der Waals surface area contributed by atoms with Crippen LogP contribution in [0.2, 0.25) is 0 Å². The van der Waals surface area contributed by atoms with E-state index in [1.54, 1.807) is 30.3 Å². The normalized spacial score (nSPS) is 10.3. The Morgan fingerprint density at radius 3 is 2.29 bits per heavy atom. The van der Waals surface area contributed by atoms with Gasteiger partial charge in [-0.3, -0.25) is 4.79 Å². The molecule has 0 saturated heterocycles. The zero-order valence-corrected chi connectivity index (χ0v) is 10.2. The molecule has 0 fully saturated rings. The predicted octanol–water partition coefficient (Wildman–Crippen LogP) is 3.96. The summed E-state index contributed by atoms with van der Waals surface area (Å²) in [5.74, 6) is -2.38. The van der Waals surface area contributed by atoms with Crippen LogP contribution in [-0.2, 0) is 0 Å². The number of hydrogen-bond donors (Lipinski definition) is 0. The van der Waals surface area contributed by atoms with E-state index in [1.807, 2.05) is 0 Å². The van der Waals surface area contributed by atoms with Crippen molar-refractivity contribution in [3.8, 4) is 0 Å². The first kappa shape index (κ1) is 11.9. The summed E-state index contributed by atoms with van der Waals surface area (Å²) in [6.45, 7) is 0. The van der Waals surface area contributed by atoms with Crippen LogP contribution >= 0.6 is 15.9 Å². The van der Waals surface area contributed by atoms with Crippen molar-refractivity contribution in [1.82, 2.24) is 0 Å². The molecule has 0 unspecified atom stereocenters. The Balaban J connectivity index is 2.49. The van der Waals surface area contributed by atoms with E-state index in [2.05, 4.69) is 15.9 Å². The summed E-state index contributed by atoms with van der Waals surface area (Å²) in [6.07, 6.45) is 0. The maximum Gasteiger partial charge on any atom is 0.194 e. The second kappa shape index (κ2) is 4.75. The lowest BCUT2D eigenvalue weighted by Gasteiger charge is -2.05. The summed E-state index contributed by atoms with van der Waals surface area (Å²) >= 11 is 2.89. The smallest absolute Gasteiger partial charge is 0.194 e. The van der Waals surface area contributed by atoms with Crippen LogP contribution in [0.5, 0.6) is 0 Å². The molecule has 0 aliphatic heterocycles. The molecule has 86 valence electrons. The molecule has 2 rings (SSSR count). The van der Waals surface area contributed by atoms with Gasteiger partial charge in [0.25, 0.3) is 0 Å². The highest BCUT2D eigenvalue weighted by Crippen LogP contribution is 2.25. The Kier molecular flexibility index (Phi) is 3.33. The number of rotatable bonds is 2. The van der Waals surface area contributed by atoms with Gasteiger partial charge in [0, 0.05) is 11.1 Å². The highest BCUT2D eigenvalue weighted by atomic mass is 79.9. The molecule has 0 radical (unpaired) electrons. The Morgan fingerprint density at radius 2 is 1.65 bits per heavy atom. The molecule has 0 aliphatic carbocycles. The molecule has 0 saturated carbocycles. The third-order valence-electron chi connectivity index (χ3n) is 2.32. The second-order valence-corrected chi connectivity index (χ2v) is 4.21. The van der Waals surface area contributed by atoms with E-state index in [9.17, 15) is 13.6 Å². The van der Waals surface area contributed by atoms with Crippen LogP contribution in [0, 0.1) is 11.6 Å². The van der Waals surface area contributed by atoms with Gasteiger partial charge in [0.2, 0.25) is 0 Å². The summed E-state index contributed by atoms with van der Waals surface area (Å²) in [5, 5.41) is 0. The van der Waals surface area contributed by atoms with Gasteiger partial charge < -0.3 is 0 Å². The molecule has 0 heterocycles. The van der Waals surface area contributed by atoms with Gasteiger partial charge in [0.15, 0.2) is 17.4 Å². The predicted molar refractivity (Wildman–Crippen MR) is 63.9 cm³/mol. The molecule has 0 N–H and O–H groups in total. The molecule has 0 aromatic heterocycles. The molecule has 0 bridgehead atoms. The lowest BCUT2D eigenvalue weighted by Crippen LogP contribution is -2.04. The van der Waals surface area contributed by atoms with Crippen LogP contribution in [0.25, 0.3) is 0 Å². The highest BCUT2D eigenvalue weighted by Gasteiger charge is 2.17. The first-order valence-electron chi connectivity index (χ1n) is 4.84. The Morgan fingerprint density at radius 1 is 1.00 bits per heavy atom. The molecule has 1 nitrogen and oxygen atoms in total. The monoisotopic (exact) mass is 296 g/mol. The summed E-state index contributed by atoms with van der Waals surface area (Å²) in [7, 11) is 0. The summed E-state index contributed by atoms with van der Waals surface area (Å²) < 4.78 is 26.1. The van der Waals surface area contributed by atoms with Crippen LogP contribution in [-0.4, -0.2) is 5.78 Å². The van der Waals surface area contributed by atoms with Gasteiger partial charge >= 0.3 is 0 Å². The Bertz CT molecular complexity index is 567. The van der Waals surface area contributed by atoms with Crippen LogP contribution in [0.4, 0.5) is 8.78 Å². The number of carbonyl (C=O) groups excluding carboxylic acids is 1. The van der Waals surface area contributed by atoms with Crippen LogP contribution in [0.15, 0.2) is 46.9 Å². The van der Waals surface area contributed by atoms with Crippen molar-refractivity contribution >= 4 is 21.7 Å². The van der Waals surface area contributed by atoms with E-state index < -0.39 is 11.6 Å². The molecular weight excluding hydrogens is 290 g/mol. The van der Waals surface area contributed by atoms with E-state index in [0.29, 0.717) is 5.56 Å². The van der Waals surface area contributed by atoms with E-state index in [4.69, 9.17) is 0 Å². The minimum Gasteiger partial charge on any atom is -0.289 e. The van der Waals surface area contributed by atoms with E-state index in [-0.39, 0.29) is 15.8 Å². The Labute approximate surface area is 105 Å². The number of carbonyl (C=O) groups is 1. The summed E-state index contributed by atoms with van der Waals surface area (Å²) in [6, 6.07) is 10.6. The SMILES string of the molecule is O=C(c1ccccc1)c1ccc(F)c(F)c1Br. The quantitative estimate of drug-likeness (QED) is 0.606. The van der Waals surface area contributed by atoms with Crippen molar-refractivity contribution in [2.24, 2.45) is 0 Å². The lowest BCUT2D eigenvalue weighted by molar-refractivity contribution is 0.103. The number of benzene rings is 2. The molecular formula is C13H7BrF2O. The van der Waals surface area contributed by atoms with Gasteiger partial charge in [-0.25, -0.2) is 8.78 Å². The van der Waals surface area contributed by atoms with Crippen molar-refractivity contribution < 1.29 is 13.6 Å². The molecule has 0 aliphatic rings. The van der Waals surface area contributed by atoms with Gasteiger partial charge in [-0.2, -0.15) is 0 Å². The average Bonchev–Trinajstić information content (AvgIpc) is 2.36. The minimum atomic E-state index is -1.05. The van der Waals surface area contributed by atoms with Gasteiger partial charge in [-0.1, -0.05) is 30.3 Å². The molecule has 0 amide bonds. The standard InChI is InChI=1S/C13H7BrF2O/c14-11-9(6-7-10(15)12(11)16)13(17)8-4-2-1-3-5-8/h1-7H. The van der Waals surface area contributed by atoms with Crippen molar-refractivity contribution in [3.63, 3.8) is 0 Å². The van der Waals surface area contributed by atoms with Crippen molar-refractivity contribution in [3.05, 3.63) is 69.7 Å². The minimum absolute atomic E-state index is 0.107. The maximum absolute atomic E-state index is 13.3. The molecule has 17 heavy (non-hydrogen) atoms. The fraction of sp³-hybridized carbons (Fsp3) is 0. The summed E-state index contributed by atoms with van der Waals surface area (Å²) in [4.78, 5) is 12.0. The van der Waals surface area contributed by atoms with Crippen LogP contribution in [0.3, 0.4) is 0 Å². The fourth-order valence-electron chi connectivity index (χ4n) is 1.45. The third-order valence-corrected chi connectivity index (χ3v) is 3.09. The van der Waals surface area contributed by atoms with Gasteiger partial charge in [-0.15, -0.1) is 0 Å². The van der Waals surface area contributed by atoms with Crippen LogP contribution < -0.4 is 0 Å². The van der Waals surface area contributed by atoms with Crippen molar-refractivity contribution in [2.45, 2.75) is 0 Å². The third kappa shape index (κ3) is 2.26. The van der Waals surface area contributed by atoms with E-state index >= 15 is 0 Å². The Hall–Kier alpha value is -1.55.